The Hall–Kier alpha value is -4.16. The van der Waals surface area contributed by atoms with E-state index in [-0.39, 0.29) is 21.8 Å². The first kappa shape index (κ1) is 30.8. The highest BCUT2D eigenvalue weighted by Gasteiger charge is 2.48. The molecule has 2 aliphatic heterocycles. The molecule has 1 fully saturated rings. The Morgan fingerprint density at radius 1 is 0.800 bits per heavy atom. The van der Waals surface area contributed by atoms with Crippen molar-refractivity contribution in [3.63, 3.8) is 0 Å². The topological polar surface area (TPSA) is 120 Å². The minimum Gasteiger partial charge on any atom is -0.478 e. The van der Waals surface area contributed by atoms with Gasteiger partial charge in [-0.1, -0.05) is 53.5 Å². The lowest BCUT2D eigenvalue weighted by Gasteiger charge is -2.32. The summed E-state index contributed by atoms with van der Waals surface area (Å²) in [6, 6.07) is 19.2. The van der Waals surface area contributed by atoms with Gasteiger partial charge < -0.3 is 14.9 Å². The number of carboxylic acids is 1. The van der Waals surface area contributed by atoms with E-state index in [4.69, 9.17) is 23.2 Å². The van der Waals surface area contributed by atoms with E-state index >= 15 is 0 Å². The first-order valence-electron chi connectivity index (χ1n) is 14.1. The normalized spacial score (nSPS) is 18.6. The van der Waals surface area contributed by atoms with Gasteiger partial charge >= 0.3 is 5.97 Å². The molecule has 13 heteroatoms. The average Bonchev–Trinajstić information content (AvgIpc) is 3.39. The van der Waals surface area contributed by atoms with E-state index in [0.29, 0.717) is 47.4 Å². The quantitative estimate of drug-likeness (QED) is 0.314. The molecule has 1 N–H and O–H groups in total. The summed E-state index contributed by atoms with van der Waals surface area (Å²) in [5.74, 6) is -1.70. The first-order chi connectivity index (χ1) is 21.5. The fraction of sp³-hybridized carbons (Fsp3) is 0.219. The smallest absolute Gasteiger partial charge is 0.335 e. The van der Waals surface area contributed by atoms with Gasteiger partial charge in [-0.25, -0.2) is 17.5 Å². The number of piperazine rings is 1. The largest absolute Gasteiger partial charge is 0.478 e. The number of anilines is 1. The Kier molecular flexibility index (Phi) is 8.21. The number of halogens is 2. The molecule has 6 rings (SSSR count). The second-order valence-corrected chi connectivity index (χ2v) is 13.7. The van der Waals surface area contributed by atoms with Gasteiger partial charge in [-0.05, 0) is 72.8 Å². The van der Waals surface area contributed by atoms with E-state index < -0.39 is 39.5 Å². The Morgan fingerprint density at radius 3 is 1.96 bits per heavy atom. The molecule has 1 amide bonds. The van der Waals surface area contributed by atoms with E-state index in [1.54, 1.807) is 53.4 Å². The standard InChI is InChI=1S/C32H28Cl2N4O6S/c1-35-15-17-36(18-16-35)30(39)26-13-14-27-37(31(26)40)28(20-5-9-23(33)10-6-20)29(21-7-11-24(34)12-8-21)38(27)45(43,44)25-4-2-3-22(19-25)32(41)42/h2-14,19,28-29H,15-18H2,1H3,(H,41,42). The molecule has 2 aliphatic rings. The number of carboxylic acid groups (broad SMARTS) is 1. The molecular weight excluding hydrogens is 639 g/mol. The molecule has 4 aromatic rings. The molecule has 0 bridgehead atoms. The Morgan fingerprint density at radius 2 is 1.38 bits per heavy atom. The lowest BCUT2D eigenvalue weighted by atomic mass is 9.94. The summed E-state index contributed by atoms with van der Waals surface area (Å²) in [4.78, 5) is 43.3. The van der Waals surface area contributed by atoms with Crippen molar-refractivity contribution in [2.24, 2.45) is 0 Å². The van der Waals surface area contributed by atoms with Crippen molar-refractivity contribution in [2.45, 2.75) is 17.0 Å². The van der Waals surface area contributed by atoms with Gasteiger partial charge in [-0.3, -0.25) is 14.2 Å². The van der Waals surface area contributed by atoms with Crippen molar-refractivity contribution in [3.8, 4) is 0 Å². The van der Waals surface area contributed by atoms with Gasteiger partial charge in [0.25, 0.3) is 21.5 Å². The number of rotatable bonds is 6. The highest BCUT2D eigenvalue weighted by atomic mass is 35.5. The molecule has 1 saturated heterocycles. The number of aromatic carboxylic acids is 1. The summed E-state index contributed by atoms with van der Waals surface area (Å²) >= 11 is 12.4. The molecule has 2 unspecified atom stereocenters. The van der Waals surface area contributed by atoms with Gasteiger partial charge in [0.05, 0.1) is 22.5 Å². The number of likely N-dealkylation sites (N-methyl/N-ethyl adjacent to an activating group) is 1. The third-order valence-electron chi connectivity index (χ3n) is 8.23. The first-order valence-corrected chi connectivity index (χ1v) is 16.3. The van der Waals surface area contributed by atoms with Crippen molar-refractivity contribution in [1.29, 1.82) is 0 Å². The van der Waals surface area contributed by atoms with Crippen molar-refractivity contribution in [2.75, 3.05) is 37.5 Å². The third kappa shape index (κ3) is 5.61. The fourth-order valence-corrected chi connectivity index (χ4v) is 7.83. The number of pyridine rings is 1. The summed E-state index contributed by atoms with van der Waals surface area (Å²) in [5.41, 5.74) is 0.158. The zero-order valence-corrected chi connectivity index (χ0v) is 26.3. The molecule has 2 atom stereocenters. The van der Waals surface area contributed by atoms with E-state index in [9.17, 15) is 27.9 Å². The molecule has 232 valence electrons. The molecule has 3 aromatic carbocycles. The van der Waals surface area contributed by atoms with Crippen LogP contribution in [-0.2, 0) is 10.0 Å². The molecule has 0 saturated carbocycles. The minimum atomic E-state index is -4.49. The van der Waals surface area contributed by atoms with Gasteiger partial charge in [-0.2, -0.15) is 0 Å². The molecule has 0 spiro atoms. The average molecular weight is 668 g/mol. The van der Waals surface area contributed by atoms with Crippen LogP contribution in [0, 0.1) is 0 Å². The number of amides is 1. The Labute approximate surface area is 269 Å². The number of benzene rings is 3. The maximum absolute atomic E-state index is 14.6. The van der Waals surface area contributed by atoms with E-state index in [1.165, 1.54) is 34.9 Å². The van der Waals surface area contributed by atoms with Crippen molar-refractivity contribution in [3.05, 3.63) is 128 Å². The molecule has 0 aliphatic carbocycles. The predicted octanol–water partition coefficient (Wildman–Crippen LogP) is 4.78. The highest BCUT2D eigenvalue weighted by molar-refractivity contribution is 7.92. The van der Waals surface area contributed by atoms with E-state index in [2.05, 4.69) is 4.90 Å². The van der Waals surface area contributed by atoms with Gasteiger partial charge in [0.2, 0.25) is 0 Å². The SMILES string of the molecule is CN1CCN(C(=O)c2ccc3n(c2=O)C(c2ccc(Cl)cc2)C(c2ccc(Cl)cc2)N3S(=O)(=O)c2cccc(C(=O)O)c2)CC1. The maximum atomic E-state index is 14.6. The molecule has 10 nitrogen and oxygen atoms in total. The number of fused-ring (bicyclic) bond motifs is 1. The van der Waals surface area contributed by atoms with E-state index in [1.807, 2.05) is 7.05 Å². The van der Waals surface area contributed by atoms with Gasteiger partial charge in [0.1, 0.15) is 11.4 Å². The second kappa shape index (κ2) is 12.0. The van der Waals surface area contributed by atoms with Crippen molar-refractivity contribution in [1.82, 2.24) is 14.4 Å². The van der Waals surface area contributed by atoms with Crippen LogP contribution in [0.1, 0.15) is 43.9 Å². The van der Waals surface area contributed by atoms with Crippen LogP contribution >= 0.6 is 23.2 Å². The zero-order valence-electron chi connectivity index (χ0n) is 24.0. The molecule has 45 heavy (non-hydrogen) atoms. The van der Waals surface area contributed by atoms with Crippen LogP contribution in [0.25, 0.3) is 0 Å². The van der Waals surface area contributed by atoms with Gasteiger partial charge in [0, 0.05) is 36.2 Å². The summed E-state index contributed by atoms with van der Waals surface area (Å²) in [6.45, 7) is 2.22. The fourth-order valence-electron chi connectivity index (χ4n) is 5.89. The van der Waals surface area contributed by atoms with E-state index in [0.717, 1.165) is 10.4 Å². The van der Waals surface area contributed by atoms with Crippen molar-refractivity contribution >= 4 is 50.9 Å². The number of carbonyl (C=O) groups excluding carboxylic acids is 1. The van der Waals surface area contributed by atoms with Crippen LogP contribution in [0.15, 0.2) is 94.6 Å². The predicted molar refractivity (Wildman–Crippen MR) is 171 cm³/mol. The van der Waals surface area contributed by atoms with Crippen LogP contribution < -0.4 is 9.86 Å². The number of carbonyl (C=O) groups is 2. The van der Waals surface area contributed by atoms with Gasteiger partial charge in [-0.15, -0.1) is 0 Å². The van der Waals surface area contributed by atoms with Crippen LogP contribution in [0.2, 0.25) is 10.0 Å². The summed E-state index contributed by atoms with van der Waals surface area (Å²) in [6.07, 6.45) is 0. The minimum absolute atomic E-state index is 0.0237. The van der Waals surface area contributed by atoms with Gasteiger partial charge in [0.15, 0.2) is 0 Å². The number of hydrogen-bond donors (Lipinski definition) is 1. The number of aromatic nitrogens is 1. The Bertz CT molecular complexity index is 1960. The summed E-state index contributed by atoms with van der Waals surface area (Å²) in [5, 5.41) is 10.5. The summed E-state index contributed by atoms with van der Waals surface area (Å²) in [7, 11) is -2.53. The third-order valence-corrected chi connectivity index (χ3v) is 10.5. The second-order valence-electron chi connectivity index (χ2n) is 11.0. The summed E-state index contributed by atoms with van der Waals surface area (Å²) < 4.78 is 31.6. The lowest BCUT2D eigenvalue weighted by Crippen LogP contribution is -2.48. The van der Waals surface area contributed by atoms with Crippen molar-refractivity contribution < 1.29 is 23.1 Å². The number of nitrogens with zero attached hydrogens (tertiary/aromatic N) is 4. The van der Waals surface area contributed by atoms with Crippen LogP contribution in [-0.4, -0.2) is 73.0 Å². The Balaban J connectivity index is 1.60. The van der Waals surface area contributed by atoms with Crippen LogP contribution in [0.4, 0.5) is 5.82 Å². The lowest BCUT2D eigenvalue weighted by molar-refractivity contribution is 0.0659. The van der Waals surface area contributed by atoms with Crippen LogP contribution in [0.3, 0.4) is 0 Å². The number of hydrogen-bond acceptors (Lipinski definition) is 6. The monoisotopic (exact) mass is 666 g/mol. The molecule has 0 radical (unpaired) electrons. The molecule has 3 heterocycles. The molecular formula is C32H28Cl2N4O6S. The maximum Gasteiger partial charge on any atom is 0.335 e. The van der Waals surface area contributed by atoms with Crippen LogP contribution in [0.5, 0.6) is 0 Å². The highest BCUT2D eigenvalue weighted by Crippen LogP contribution is 2.49. The number of sulfonamides is 1. The zero-order chi connectivity index (χ0) is 32.0. The molecule has 1 aromatic heterocycles.